The van der Waals surface area contributed by atoms with Crippen molar-refractivity contribution in [1.29, 1.82) is 0 Å². The summed E-state index contributed by atoms with van der Waals surface area (Å²) in [6.45, 7) is 3.34. The highest BCUT2D eigenvalue weighted by Gasteiger charge is 2.19. The van der Waals surface area contributed by atoms with Gasteiger partial charge in [0.2, 0.25) is 20.0 Å². The first-order valence-electron chi connectivity index (χ1n) is 6.63. The van der Waals surface area contributed by atoms with Crippen molar-refractivity contribution in [2.75, 3.05) is 17.0 Å². The molecule has 1 aromatic rings. The summed E-state index contributed by atoms with van der Waals surface area (Å²) in [5.41, 5.74) is 5.04. The number of benzene rings is 1. The smallest absolute Gasteiger partial charge is 0.240 e. The number of hydrogen-bond donors (Lipinski definition) is 3. The van der Waals surface area contributed by atoms with Gasteiger partial charge in [0.05, 0.1) is 16.3 Å². The number of rotatable bonds is 8. The maximum absolute atomic E-state index is 13.9. The second kappa shape index (κ2) is 7.36. The molecule has 0 amide bonds. The lowest BCUT2D eigenvalue weighted by Crippen LogP contribution is -2.37. The molecular formula is C12H20FN3O4S2. The van der Waals surface area contributed by atoms with Gasteiger partial charge >= 0.3 is 0 Å². The van der Waals surface area contributed by atoms with Crippen molar-refractivity contribution < 1.29 is 21.2 Å². The molecule has 0 unspecified atom stereocenters. The quantitative estimate of drug-likeness (QED) is 0.632. The first-order chi connectivity index (χ1) is 10.1. The molecule has 7 nitrogen and oxygen atoms in total. The van der Waals surface area contributed by atoms with Crippen LogP contribution < -0.4 is 15.2 Å². The Kier molecular flexibility index (Phi) is 6.29. The molecule has 4 N–H and O–H groups in total. The average molecular weight is 353 g/mol. The molecule has 10 heteroatoms. The van der Waals surface area contributed by atoms with Gasteiger partial charge in [-0.05, 0) is 31.5 Å². The summed E-state index contributed by atoms with van der Waals surface area (Å²) in [6, 6.07) is 2.45. The third-order valence-electron chi connectivity index (χ3n) is 2.70. The van der Waals surface area contributed by atoms with Gasteiger partial charge in [-0.15, -0.1) is 0 Å². The predicted molar refractivity (Wildman–Crippen MR) is 82.9 cm³/mol. The van der Waals surface area contributed by atoms with Gasteiger partial charge in [-0.1, -0.05) is 6.92 Å². The van der Waals surface area contributed by atoms with E-state index >= 15 is 0 Å². The van der Waals surface area contributed by atoms with E-state index in [2.05, 4.69) is 9.44 Å². The molecule has 1 rings (SSSR count). The number of halogens is 1. The highest BCUT2D eigenvalue weighted by Crippen LogP contribution is 2.20. The van der Waals surface area contributed by atoms with E-state index in [9.17, 15) is 21.2 Å². The second-order valence-electron chi connectivity index (χ2n) is 4.82. The normalized spacial score (nSPS) is 13.8. The van der Waals surface area contributed by atoms with E-state index in [-0.39, 0.29) is 22.9 Å². The van der Waals surface area contributed by atoms with E-state index in [1.54, 1.807) is 13.8 Å². The van der Waals surface area contributed by atoms with Gasteiger partial charge in [0.25, 0.3) is 0 Å². The molecule has 0 saturated heterocycles. The molecule has 1 aromatic carbocycles. The van der Waals surface area contributed by atoms with Crippen LogP contribution in [0.4, 0.5) is 10.1 Å². The molecular weight excluding hydrogens is 333 g/mol. The summed E-state index contributed by atoms with van der Waals surface area (Å²) >= 11 is 0. The van der Waals surface area contributed by atoms with Crippen LogP contribution in [0.5, 0.6) is 0 Å². The van der Waals surface area contributed by atoms with Gasteiger partial charge in [-0.25, -0.2) is 25.9 Å². The second-order valence-corrected chi connectivity index (χ2v) is 8.38. The SMILES string of the molecule is CCCS(=O)(=O)Nc1ccc(S(=O)(=O)N[C@@H](C)CN)cc1F. The maximum atomic E-state index is 13.9. The first kappa shape index (κ1) is 18.8. The van der Waals surface area contributed by atoms with Gasteiger partial charge in [0, 0.05) is 12.6 Å². The van der Waals surface area contributed by atoms with Gasteiger partial charge in [-0.2, -0.15) is 0 Å². The Morgan fingerprint density at radius 2 is 1.91 bits per heavy atom. The van der Waals surface area contributed by atoms with Crippen LogP contribution in [0.15, 0.2) is 23.1 Å². The fourth-order valence-corrected chi connectivity index (χ4v) is 4.02. The van der Waals surface area contributed by atoms with Crippen molar-refractivity contribution in [1.82, 2.24) is 4.72 Å². The molecule has 0 aromatic heterocycles. The minimum Gasteiger partial charge on any atom is -0.329 e. The van der Waals surface area contributed by atoms with Gasteiger partial charge in [-0.3, -0.25) is 4.72 Å². The van der Waals surface area contributed by atoms with Crippen LogP contribution in [0.2, 0.25) is 0 Å². The monoisotopic (exact) mass is 353 g/mol. The zero-order chi connectivity index (χ0) is 17.0. The van der Waals surface area contributed by atoms with E-state index in [0.717, 1.165) is 18.2 Å². The number of sulfonamides is 2. The van der Waals surface area contributed by atoms with Crippen LogP contribution in [0.1, 0.15) is 20.3 Å². The lowest BCUT2D eigenvalue weighted by atomic mass is 10.3. The lowest BCUT2D eigenvalue weighted by molar-refractivity contribution is 0.560. The molecule has 1 atom stereocenters. The van der Waals surface area contributed by atoms with E-state index in [1.165, 1.54) is 0 Å². The molecule has 0 bridgehead atoms. The van der Waals surface area contributed by atoms with Gasteiger partial charge in [0.1, 0.15) is 5.82 Å². The summed E-state index contributed by atoms with van der Waals surface area (Å²) in [5, 5.41) is 0. The largest absolute Gasteiger partial charge is 0.329 e. The third kappa shape index (κ3) is 5.20. The van der Waals surface area contributed by atoms with Crippen LogP contribution in [-0.4, -0.2) is 35.2 Å². The van der Waals surface area contributed by atoms with Crippen LogP contribution in [-0.2, 0) is 20.0 Å². The molecule has 0 aliphatic rings. The predicted octanol–water partition coefficient (Wildman–Crippen LogP) is 0.603. The Balaban J connectivity index is 3.04. The number of nitrogens with two attached hydrogens (primary N) is 1. The molecule has 126 valence electrons. The number of hydrogen-bond acceptors (Lipinski definition) is 5. The van der Waals surface area contributed by atoms with Crippen molar-refractivity contribution in [3.63, 3.8) is 0 Å². The summed E-state index contributed by atoms with van der Waals surface area (Å²) < 4.78 is 65.4. The Hall–Kier alpha value is -1.23. The van der Waals surface area contributed by atoms with Crippen LogP contribution in [0.25, 0.3) is 0 Å². The van der Waals surface area contributed by atoms with E-state index in [1.807, 2.05) is 0 Å². The molecule has 0 saturated carbocycles. The lowest BCUT2D eigenvalue weighted by Gasteiger charge is -2.13. The van der Waals surface area contributed by atoms with Crippen molar-refractivity contribution in [3.05, 3.63) is 24.0 Å². The summed E-state index contributed by atoms with van der Waals surface area (Å²) in [7, 11) is -7.56. The Labute approximate surface area is 130 Å². The fourth-order valence-electron chi connectivity index (χ4n) is 1.61. The molecule has 0 aliphatic carbocycles. The Morgan fingerprint density at radius 1 is 1.27 bits per heavy atom. The van der Waals surface area contributed by atoms with Crippen LogP contribution >= 0.6 is 0 Å². The molecule has 22 heavy (non-hydrogen) atoms. The zero-order valence-electron chi connectivity index (χ0n) is 12.3. The fraction of sp³-hybridized carbons (Fsp3) is 0.500. The summed E-state index contributed by atoms with van der Waals surface area (Å²) in [5.74, 6) is -1.12. The summed E-state index contributed by atoms with van der Waals surface area (Å²) in [6.07, 6.45) is 0.379. The van der Waals surface area contributed by atoms with Crippen molar-refractivity contribution in [2.45, 2.75) is 31.2 Å². The van der Waals surface area contributed by atoms with E-state index in [0.29, 0.717) is 6.42 Å². The number of anilines is 1. The van der Waals surface area contributed by atoms with E-state index in [4.69, 9.17) is 5.73 Å². The van der Waals surface area contributed by atoms with Gasteiger partial charge in [0.15, 0.2) is 0 Å². The topological polar surface area (TPSA) is 118 Å². The van der Waals surface area contributed by atoms with Crippen molar-refractivity contribution in [2.24, 2.45) is 5.73 Å². The molecule has 0 aliphatic heterocycles. The summed E-state index contributed by atoms with van der Waals surface area (Å²) in [4.78, 5) is -0.302. The number of nitrogens with one attached hydrogen (secondary N) is 2. The minimum absolute atomic E-state index is 0.0939. The first-order valence-corrected chi connectivity index (χ1v) is 9.77. The standard InChI is InChI=1S/C12H20FN3O4S2/c1-3-6-21(17,18)16-12-5-4-10(7-11(12)13)22(19,20)15-9(2)8-14/h4-5,7,9,15-16H,3,6,8,14H2,1-2H3/t9-/m0/s1. The third-order valence-corrected chi connectivity index (χ3v) is 5.76. The van der Waals surface area contributed by atoms with Crippen molar-refractivity contribution in [3.8, 4) is 0 Å². The minimum atomic E-state index is -3.91. The average Bonchev–Trinajstić information content (AvgIpc) is 2.40. The van der Waals surface area contributed by atoms with E-state index < -0.39 is 31.9 Å². The highest BCUT2D eigenvalue weighted by molar-refractivity contribution is 7.92. The van der Waals surface area contributed by atoms with Crippen LogP contribution in [0, 0.1) is 5.82 Å². The molecule has 0 heterocycles. The Bertz CT molecular complexity index is 720. The highest BCUT2D eigenvalue weighted by atomic mass is 32.2. The molecule has 0 fully saturated rings. The van der Waals surface area contributed by atoms with Gasteiger partial charge < -0.3 is 5.73 Å². The van der Waals surface area contributed by atoms with Crippen LogP contribution in [0.3, 0.4) is 0 Å². The molecule has 0 spiro atoms. The maximum Gasteiger partial charge on any atom is 0.240 e. The zero-order valence-corrected chi connectivity index (χ0v) is 14.0. The Morgan fingerprint density at radius 3 is 2.41 bits per heavy atom. The molecule has 0 radical (unpaired) electrons. The van der Waals surface area contributed by atoms with Crippen molar-refractivity contribution >= 4 is 25.7 Å².